The van der Waals surface area contributed by atoms with E-state index in [0.29, 0.717) is 0 Å². The number of nitrogens with zero attached hydrogens (tertiary/aromatic N) is 1. The van der Waals surface area contributed by atoms with Crippen LogP contribution >= 0.6 is 11.3 Å². The Bertz CT molecular complexity index is 4130. The summed E-state index contributed by atoms with van der Waals surface area (Å²) in [6.07, 6.45) is 0. The molecular formula is C69H45NS. The van der Waals surface area contributed by atoms with Crippen LogP contribution in [0.4, 0.5) is 17.1 Å². The molecule has 13 aromatic rings. The minimum atomic E-state index is -0.645. The van der Waals surface area contributed by atoms with E-state index in [1.54, 1.807) is 0 Å². The van der Waals surface area contributed by atoms with Gasteiger partial charge in [-0.3, -0.25) is 0 Å². The molecule has 1 aromatic heterocycles. The third kappa shape index (κ3) is 6.46. The van der Waals surface area contributed by atoms with Crippen molar-refractivity contribution in [1.29, 1.82) is 0 Å². The summed E-state index contributed by atoms with van der Waals surface area (Å²) in [5, 5.41) is 7.49. The van der Waals surface area contributed by atoms with Crippen LogP contribution < -0.4 is 4.90 Å². The lowest BCUT2D eigenvalue weighted by Gasteiger charge is -2.39. The molecule has 0 aliphatic heterocycles. The van der Waals surface area contributed by atoms with Crippen molar-refractivity contribution < 1.29 is 0 Å². The van der Waals surface area contributed by atoms with E-state index in [1.807, 2.05) is 11.3 Å². The Labute approximate surface area is 417 Å². The number of thiophene rings is 1. The molecule has 0 N–H and O–H groups in total. The topological polar surface area (TPSA) is 3.24 Å². The largest absolute Gasteiger partial charge is 0.310 e. The quantitative estimate of drug-likeness (QED) is 0.147. The van der Waals surface area contributed by atoms with E-state index in [2.05, 4.69) is 278 Å². The number of para-hydroxylation sites is 1. The number of hydrogen-bond acceptors (Lipinski definition) is 2. The van der Waals surface area contributed by atoms with Gasteiger partial charge < -0.3 is 4.90 Å². The predicted octanol–water partition coefficient (Wildman–Crippen LogP) is 19.2. The van der Waals surface area contributed by atoms with Crippen LogP contribution in [-0.4, -0.2) is 0 Å². The van der Waals surface area contributed by atoms with E-state index in [0.717, 1.165) is 17.1 Å². The van der Waals surface area contributed by atoms with Gasteiger partial charge in [-0.15, -0.1) is 11.3 Å². The van der Waals surface area contributed by atoms with E-state index in [1.165, 1.54) is 108 Å². The van der Waals surface area contributed by atoms with Crippen LogP contribution in [0.5, 0.6) is 0 Å². The van der Waals surface area contributed by atoms with E-state index in [9.17, 15) is 0 Å². The molecule has 2 heteroatoms. The zero-order valence-corrected chi connectivity index (χ0v) is 39.7. The first kappa shape index (κ1) is 41.2. The predicted molar refractivity (Wildman–Crippen MR) is 303 cm³/mol. The minimum Gasteiger partial charge on any atom is -0.310 e. The molecule has 0 saturated carbocycles. The second-order valence-corrected chi connectivity index (χ2v) is 19.7. The van der Waals surface area contributed by atoms with E-state index in [-0.39, 0.29) is 0 Å². The molecule has 0 saturated heterocycles. The molecule has 0 bridgehead atoms. The van der Waals surface area contributed by atoms with Crippen molar-refractivity contribution in [3.8, 4) is 44.5 Å². The third-order valence-corrected chi connectivity index (χ3v) is 16.2. The zero-order chi connectivity index (χ0) is 46.9. The maximum absolute atomic E-state index is 2.57. The van der Waals surface area contributed by atoms with Gasteiger partial charge in [0.2, 0.25) is 0 Å². The molecule has 1 aliphatic rings. The second kappa shape index (κ2) is 16.7. The van der Waals surface area contributed by atoms with Gasteiger partial charge in [0, 0.05) is 37.0 Å². The maximum Gasteiger partial charge on any atom is 0.0733 e. The highest BCUT2D eigenvalue weighted by molar-refractivity contribution is 7.26. The molecule has 1 heterocycles. The van der Waals surface area contributed by atoms with Crippen LogP contribution in [-0.2, 0) is 5.41 Å². The average Bonchev–Trinajstić information content (AvgIpc) is 3.98. The van der Waals surface area contributed by atoms with E-state index in [4.69, 9.17) is 0 Å². The van der Waals surface area contributed by atoms with Gasteiger partial charge in [-0.1, -0.05) is 237 Å². The fraction of sp³-hybridized carbons (Fsp3) is 0.0145. The second-order valence-electron chi connectivity index (χ2n) is 18.7. The summed E-state index contributed by atoms with van der Waals surface area (Å²) >= 11 is 1.89. The first-order chi connectivity index (χ1) is 35.2. The molecule has 14 rings (SSSR count). The highest BCUT2D eigenvalue weighted by Crippen LogP contribution is 2.59. The Morgan fingerprint density at radius 1 is 0.310 bits per heavy atom. The monoisotopic (exact) mass is 919 g/mol. The van der Waals surface area contributed by atoms with Crippen LogP contribution in [0.15, 0.2) is 273 Å². The number of hydrogen-bond donors (Lipinski definition) is 0. The van der Waals surface area contributed by atoms with Crippen molar-refractivity contribution in [1.82, 2.24) is 0 Å². The molecule has 0 unspecified atom stereocenters. The summed E-state index contributed by atoms with van der Waals surface area (Å²) in [6.45, 7) is 0. The molecule has 0 atom stereocenters. The highest BCUT2D eigenvalue weighted by atomic mass is 32.1. The van der Waals surface area contributed by atoms with Crippen LogP contribution in [0, 0.1) is 0 Å². The summed E-state index contributed by atoms with van der Waals surface area (Å²) in [5.41, 5.74) is 17.4. The first-order valence-corrected chi connectivity index (χ1v) is 25.3. The number of anilines is 3. The first-order valence-electron chi connectivity index (χ1n) is 24.5. The van der Waals surface area contributed by atoms with Crippen molar-refractivity contribution in [3.63, 3.8) is 0 Å². The molecule has 0 fully saturated rings. The van der Waals surface area contributed by atoms with Crippen molar-refractivity contribution in [2.45, 2.75) is 5.41 Å². The Morgan fingerprint density at radius 3 is 1.65 bits per heavy atom. The van der Waals surface area contributed by atoms with Crippen molar-refractivity contribution in [3.05, 3.63) is 295 Å². The molecule has 1 aliphatic carbocycles. The normalized spacial score (nSPS) is 12.6. The molecule has 0 amide bonds. The van der Waals surface area contributed by atoms with Crippen LogP contribution in [0.2, 0.25) is 0 Å². The molecule has 0 radical (unpaired) electrons. The fourth-order valence-corrected chi connectivity index (χ4v) is 13.1. The number of benzene rings is 12. The fourth-order valence-electron chi connectivity index (χ4n) is 11.9. The van der Waals surface area contributed by atoms with Crippen LogP contribution in [0.25, 0.3) is 86.2 Å². The summed E-state index contributed by atoms with van der Waals surface area (Å²) in [4.78, 5) is 2.57. The molecular weight excluding hydrogens is 875 g/mol. The minimum absolute atomic E-state index is 0.645. The number of fused-ring (bicyclic) bond motifs is 8. The van der Waals surface area contributed by atoms with Gasteiger partial charge in [0.05, 0.1) is 16.8 Å². The summed E-state index contributed by atoms with van der Waals surface area (Å²) in [7, 11) is 0. The van der Waals surface area contributed by atoms with Crippen LogP contribution in [0.3, 0.4) is 0 Å². The van der Waals surface area contributed by atoms with Gasteiger partial charge in [0.25, 0.3) is 0 Å². The van der Waals surface area contributed by atoms with Gasteiger partial charge in [-0.05, 0) is 114 Å². The summed E-state index contributed by atoms with van der Waals surface area (Å²) < 4.78 is 2.57. The molecule has 12 aromatic carbocycles. The Balaban J connectivity index is 1.10. The van der Waals surface area contributed by atoms with Crippen molar-refractivity contribution in [2.24, 2.45) is 0 Å². The van der Waals surface area contributed by atoms with Crippen LogP contribution in [0.1, 0.15) is 22.3 Å². The highest BCUT2D eigenvalue weighted by Gasteiger charge is 2.47. The van der Waals surface area contributed by atoms with Gasteiger partial charge >= 0.3 is 0 Å². The molecule has 332 valence electrons. The Morgan fingerprint density at radius 2 is 0.845 bits per heavy atom. The van der Waals surface area contributed by atoms with Gasteiger partial charge in [-0.2, -0.15) is 0 Å². The van der Waals surface area contributed by atoms with Crippen molar-refractivity contribution >= 4 is 70.1 Å². The Hall–Kier alpha value is -8.82. The molecule has 71 heavy (non-hydrogen) atoms. The van der Waals surface area contributed by atoms with Gasteiger partial charge in [-0.25, -0.2) is 0 Å². The average molecular weight is 920 g/mol. The molecule has 1 nitrogen and oxygen atoms in total. The SMILES string of the molecule is c1ccc(C2(c3ccccc3N(c3ccc(-c4cccc5ccccc45)cc3)c3cccc(-c4ccc5ccccc5c4)c3-c3cccc4c3sc3ccccc34)c3ccccc3-c3ccccc32)cc1. The smallest absolute Gasteiger partial charge is 0.0733 e. The lowest BCUT2D eigenvalue weighted by atomic mass is 9.67. The third-order valence-electron chi connectivity index (χ3n) is 15.0. The zero-order valence-electron chi connectivity index (χ0n) is 38.8. The lowest BCUT2D eigenvalue weighted by Crippen LogP contribution is -2.30. The van der Waals surface area contributed by atoms with Crippen molar-refractivity contribution in [2.75, 3.05) is 4.90 Å². The molecule has 0 spiro atoms. The summed E-state index contributed by atoms with van der Waals surface area (Å²) in [5.74, 6) is 0. The maximum atomic E-state index is 2.57. The Kier molecular flexibility index (Phi) is 9.69. The standard InChI is InChI=1S/C69H45NS/c1-2-23-51(24-3-1)69(61-33-11-8-26-56(61)57-27-9-12-34-62(57)69)63-35-13-14-36-64(63)70(52-43-41-48(42-44-52)54-29-16-22-47-20-6-7-25-53(47)54)65-37-18-30-55(50-40-39-46-19-4-5-21-49(46)45-50)67(65)60-32-17-31-59-58-28-10-15-38-66(58)71-68(59)60/h1-45H. The van der Waals surface area contributed by atoms with E-state index < -0.39 is 5.41 Å². The number of rotatable bonds is 8. The summed E-state index contributed by atoms with van der Waals surface area (Å²) in [6, 6.07) is 102. The van der Waals surface area contributed by atoms with Gasteiger partial charge in [0.1, 0.15) is 0 Å². The van der Waals surface area contributed by atoms with E-state index >= 15 is 0 Å². The lowest BCUT2D eigenvalue weighted by molar-refractivity contribution is 0.768. The van der Waals surface area contributed by atoms with Gasteiger partial charge in [0.15, 0.2) is 0 Å².